The number of carboxylic acids is 1. The number of nitrogens with one attached hydrogen (secondary N) is 3. The van der Waals surface area contributed by atoms with Crippen LogP contribution in [0.1, 0.15) is 10.5 Å². The standard InChI is InChI=1S/C13H13FN6O5S2/c14-7-3-6(1-2-8(7)19-13(23)17-4-9(15)16)20(27(24)25)11-10(12(21)22)18-5-26-11/h1-3,5H,4H2,(H3,15,16)(H,21,22)(H,24,25)(H2,17,19,23)/p-1. The van der Waals surface area contributed by atoms with Gasteiger partial charge in [-0.15, -0.1) is 11.3 Å². The van der Waals surface area contributed by atoms with Crippen molar-refractivity contribution in [3.8, 4) is 0 Å². The fraction of sp³-hybridized carbons (Fsp3) is 0.0769. The number of aromatic nitrogens is 1. The highest BCUT2D eigenvalue weighted by Crippen LogP contribution is 2.34. The molecule has 0 spiro atoms. The van der Waals surface area contributed by atoms with E-state index in [-0.39, 0.29) is 28.8 Å². The molecular weight excluding hydrogens is 403 g/mol. The Hall–Kier alpha value is -3.10. The molecule has 6 N–H and O–H groups in total. The minimum absolute atomic E-state index is 0.192. The minimum atomic E-state index is -2.96. The van der Waals surface area contributed by atoms with E-state index in [9.17, 15) is 22.7 Å². The van der Waals surface area contributed by atoms with Crippen molar-refractivity contribution in [2.45, 2.75) is 0 Å². The van der Waals surface area contributed by atoms with Crippen LogP contribution >= 0.6 is 11.3 Å². The summed E-state index contributed by atoms with van der Waals surface area (Å²) in [5.41, 5.74) is 5.26. The van der Waals surface area contributed by atoms with Crippen LogP contribution in [0.5, 0.6) is 0 Å². The molecule has 2 rings (SSSR count). The van der Waals surface area contributed by atoms with Gasteiger partial charge >= 0.3 is 12.0 Å². The maximum atomic E-state index is 14.3. The number of hydrogen-bond acceptors (Lipinski definition) is 7. The largest absolute Gasteiger partial charge is 0.755 e. The Kier molecular flexibility index (Phi) is 6.38. The molecule has 1 aromatic carbocycles. The van der Waals surface area contributed by atoms with E-state index in [1.807, 2.05) is 0 Å². The number of urea groups is 1. The zero-order chi connectivity index (χ0) is 20.1. The van der Waals surface area contributed by atoms with Crippen molar-refractivity contribution in [3.05, 3.63) is 35.2 Å². The monoisotopic (exact) mass is 415 g/mol. The molecule has 0 radical (unpaired) electrons. The second-order valence-electron chi connectivity index (χ2n) is 4.82. The second-order valence-corrected chi connectivity index (χ2v) is 6.45. The first-order valence-electron chi connectivity index (χ1n) is 6.94. The average Bonchev–Trinajstić information content (AvgIpc) is 3.04. The number of amidine groups is 1. The van der Waals surface area contributed by atoms with Gasteiger partial charge in [0.2, 0.25) is 0 Å². The van der Waals surface area contributed by atoms with Crippen LogP contribution < -0.4 is 20.7 Å². The normalized spacial score (nSPS) is 11.5. The van der Waals surface area contributed by atoms with E-state index >= 15 is 0 Å². The summed E-state index contributed by atoms with van der Waals surface area (Å²) in [7, 11) is 0. The topological polar surface area (TPSA) is 185 Å². The summed E-state index contributed by atoms with van der Waals surface area (Å²) in [6, 6.07) is 2.25. The van der Waals surface area contributed by atoms with E-state index in [4.69, 9.17) is 16.2 Å². The molecule has 2 aromatic rings. The van der Waals surface area contributed by atoms with Crippen molar-refractivity contribution in [3.63, 3.8) is 0 Å². The molecule has 14 heteroatoms. The highest BCUT2D eigenvalue weighted by atomic mass is 32.2. The SMILES string of the molecule is N=C(N)CNC(=O)Nc1ccc(N(c2scnc2C(=O)O)S(=O)[O-])cc1F. The average molecular weight is 415 g/mol. The number of halogens is 1. The molecule has 0 saturated heterocycles. The lowest BCUT2D eigenvalue weighted by Gasteiger charge is -2.25. The Bertz CT molecular complexity index is 920. The maximum absolute atomic E-state index is 14.3. The zero-order valence-corrected chi connectivity index (χ0v) is 14.9. The number of anilines is 3. The summed E-state index contributed by atoms with van der Waals surface area (Å²) in [5.74, 6) is -2.71. The maximum Gasteiger partial charge on any atom is 0.357 e. The van der Waals surface area contributed by atoms with Gasteiger partial charge < -0.3 is 26.0 Å². The third-order valence-electron chi connectivity index (χ3n) is 2.96. The van der Waals surface area contributed by atoms with E-state index in [0.29, 0.717) is 4.31 Å². The molecule has 1 atom stereocenters. The van der Waals surface area contributed by atoms with Crippen molar-refractivity contribution >= 4 is 56.8 Å². The van der Waals surface area contributed by atoms with Crippen molar-refractivity contribution in [2.24, 2.45) is 5.73 Å². The number of thiazole rings is 1. The van der Waals surface area contributed by atoms with Gasteiger partial charge in [0.05, 0.1) is 34.7 Å². The predicted molar refractivity (Wildman–Crippen MR) is 95.5 cm³/mol. The van der Waals surface area contributed by atoms with Gasteiger partial charge in [0.1, 0.15) is 16.7 Å². The van der Waals surface area contributed by atoms with Crippen molar-refractivity contribution < 1.29 is 27.8 Å². The van der Waals surface area contributed by atoms with E-state index in [1.54, 1.807) is 0 Å². The molecule has 1 unspecified atom stereocenters. The molecule has 2 amide bonds. The number of hydrogen-bond donors (Lipinski definition) is 5. The lowest BCUT2D eigenvalue weighted by molar-refractivity contribution is 0.0692. The van der Waals surface area contributed by atoms with E-state index < -0.39 is 34.8 Å². The summed E-state index contributed by atoms with van der Waals surface area (Å²) in [5, 5.41) is 20.2. The molecule has 1 aromatic heterocycles. The molecule has 0 fully saturated rings. The Labute approximate surface area is 157 Å². The fourth-order valence-corrected chi connectivity index (χ4v) is 3.41. The van der Waals surface area contributed by atoms with Crippen LogP contribution in [-0.2, 0) is 11.3 Å². The highest BCUT2D eigenvalue weighted by molar-refractivity contribution is 7.81. The Balaban J connectivity index is 2.29. The fourth-order valence-electron chi connectivity index (χ4n) is 1.88. The van der Waals surface area contributed by atoms with Crippen LogP contribution in [0.25, 0.3) is 0 Å². The molecular formula is C13H12FN6O5S2-. The van der Waals surface area contributed by atoms with Crippen LogP contribution in [0.2, 0.25) is 0 Å². The minimum Gasteiger partial charge on any atom is -0.755 e. The quantitative estimate of drug-likeness (QED) is 0.253. The van der Waals surface area contributed by atoms with Crippen molar-refractivity contribution in [1.82, 2.24) is 10.3 Å². The first-order valence-corrected chi connectivity index (χ1v) is 8.85. The molecule has 0 saturated carbocycles. The summed E-state index contributed by atoms with van der Waals surface area (Å²) < 4.78 is 38.0. The summed E-state index contributed by atoms with van der Waals surface area (Å²) in [6.45, 7) is -0.238. The van der Waals surface area contributed by atoms with E-state index in [2.05, 4.69) is 15.6 Å². The van der Waals surface area contributed by atoms with Crippen molar-refractivity contribution in [1.29, 1.82) is 5.41 Å². The van der Waals surface area contributed by atoms with Gasteiger partial charge in [-0.3, -0.25) is 13.9 Å². The molecule has 0 aliphatic rings. The molecule has 0 aliphatic carbocycles. The molecule has 0 aliphatic heterocycles. The van der Waals surface area contributed by atoms with Crippen LogP contribution in [0, 0.1) is 11.2 Å². The number of benzene rings is 1. The van der Waals surface area contributed by atoms with Gasteiger partial charge in [0.15, 0.2) is 5.69 Å². The molecule has 0 bridgehead atoms. The first-order chi connectivity index (χ1) is 12.7. The van der Waals surface area contributed by atoms with Gasteiger partial charge in [-0.25, -0.2) is 19.0 Å². The number of rotatable bonds is 7. The lowest BCUT2D eigenvalue weighted by Crippen LogP contribution is -2.36. The zero-order valence-electron chi connectivity index (χ0n) is 13.3. The number of carbonyl (C=O) groups excluding carboxylic acids is 1. The first kappa shape index (κ1) is 20.2. The van der Waals surface area contributed by atoms with Crippen LogP contribution in [0.4, 0.5) is 25.6 Å². The Morgan fingerprint density at radius 2 is 2.19 bits per heavy atom. The Morgan fingerprint density at radius 3 is 2.74 bits per heavy atom. The number of carboxylic acid groups (broad SMARTS) is 1. The third kappa shape index (κ3) is 4.96. The lowest BCUT2D eigenvalue weighted by atomic mass is 10.2. The van der Waals surface area contributed by atoms with E-state index in [1.165, 1.54) is 6.07 Å². The number of amides is 2. The smallest absolute Gasteiger partial charge is 0.357 e. The third-order valence-corrected chi connectivity index (χ3v) is 4.58. The van der Waals surface area contributed by atoms with Gasteiger partial charge in [-0.2, -0.15) is 0 Å². The summed E-state index contributed by atoms with van der Waals surface area (Å²) >= 11 is -2.21. The highest BCUT2D eigenvalue weighted by Gasteiger charge is 2.23. The Morgan fingerprint density at radius 1 is 1.48 bits per heavy atom. The predicted octanol–water partition coefficient (Wildman–Crippen LogP) is 0.970. The van der Waals surface area contributed by atoms with Crippen LogP contribution in [-0.4, -0.2) is 43.2 Å². The number of carbonyl (C=O) groups is 2. The van der Waals surface area contributed by atoms with Crippen LogP contribution in [0.15, 0.2) is 23.7 Å². The van der Waals surface area contributed by atoms with Gasteiger partial charge in [-0.1, -0.05) is 0 Å². The number of nitrogens with zero attached hydrogens (tertiary/aromatic N) is 2. The van der Waals surface area contributed by atoms with Gasteiger partial charge in [0.25, 0.3) is 0 Å². The van der Waals surface area contributed by atoms with Gasteiger partial charge in [-0.05, 0) is 12.1 Å². The molecule has 11 nitrogen and oxygen atoms in total. The number of aromatic carboxylic acids is 1. The second kappa shape index (κ2) is 8.52. The van der Waals surface area contributed by atoms with Crippen molar-refractivity contribution in [2.75, 3.05) is 16.2 Å². The van der Waals surface area contributed by atoms with Gasteiger partial charge in [0, 0.05) is 6.07 Å². The molecule has 27 heavy (non-hydrogen) atoms. The summed E-state index contributed by atoms with van der Waals surface area (Å²) in [6.07, 6.45) is 0. The van der Waals surface area contributed by atoms with Crippen LogP contribution in [0.3, 0.4) is 0 Å². The molecule has 144 valence electrons. The number of nitrogens with two attached hydrogens (primary N) is 1. The van der Waals surface area contributed by atoms with E-state index in [0.717, 1.165) is 29.0 Å². The molecule has 1 heterocycles. The summed E-state index contributed by atoms with van der Waals surface area (Å²) in [4.78, 5) is 26.3.